The van der Waals surface area contributed by atoms with E-state index in [0.29, 0.717) is 0 Å². The van der Waals surface area contributed by atoms with Crippen molar-refractivity contribution in [3.8, 4) is 0 Å². The van der Waals surface area contributed by atoms with Crippen molar-refractivity contribution in [1.29, 1.82) is 0 Å². The molecule has 0 saturated heterocycles. The third-order valence-electron chi connectivity index (χ3n) is 0.900. The van der Waals surface area contributed by atoms with E-state index >= 15 is 0 Å². The number of hydrogen-bond acceptors (Lipinski definition) is 2. The van der Waals surface area contributed by atoms with Crippen molar-refractivity contribution in [1.82, 2.24) is 5.48 Å². The van der Waals surface area contributed by atoms with Gasteiger partial charge in [0, 0.05) is 0 Å². The molecule has 7 heavy (non-hydrogen) atoms. The minimum absolute atomic E-state index is 0.792. The van der Waals surface area contributed by atoms with Crippen molar-refractivity contribution < 1.29 is 5.21 Å². The third-order valence-corrected chi connectivity index (χ3v) is 0.900. The SMILES string of the molecule is ONC1=CCC=C1. The lowest BCUT2D eigenvalue weighted by molar-refractivity contribution is 0.205. The molecule has 0 aromatic carbocycles. The van der Waals surface area contributed by atoms with Gasteiger partial charge in [-0.3, -0.25) is 10.7 Å². The Balaban J connectivity index is 2.52. The maximum atomic E-state index is 8.20. The highest BCUT2D eigenvalue weighted by atomic mass is 16.5. The fraction of sp³-hybridized carbons (Fsp3) is 0.200. The Morgan fingerprint density at radius 2 is 2.57 bits per heavy atom. The van der Waals surface area contributed by atoms with Crippen molar-refractivity contribution in [2.45, 2.75) is 6.42 Å². The molecule has 2 heteroatoms. The lowest BCUT2D eigenvalue weighted by atomic mass is 10.5. The average molecular weight is 97.1 g/mol. The maximum Gasteiger partial charge on any atom is 0.0562 e. The molecule has 0 unspecified atom stereocenters. The minimum atomic E-state index is 0.792. The first-order chi connectivity index (χ1) is 3.43. The molecule has 0 saturated carbocycles. The van der Waals surface area contributed by atoms with Gasteiger partial charge < -0.3 is 0 Å². The summed E-state index contributed by atoms with van der Waals surface area (Å²) < 4.78 is 0. The summed E-state index contributed by atoms with van der Waals surface area (Å²) in [7, 11) is 0. The van der Waals surface area contributed by atoms with Crippen LogP contribution in [0, 0.1) is 0 Å². The summed E-state index contributed by atoms with van der Waals surface area (Å²) >= 11 is 0. The number of rotatable bonds is 1. The Morgan fingerprint density at radius 1 is 1.71 bits per heavy atom. The van der Waals surface area contributed by atoms with E-state index in [0.717, 1.165) is 12.1 Å². The Hall–Kier alpha value is -0.760. The van der Waals surface area contributed by atoms with Crippen molar-refractivity contribution in [3.63, 3.8) is 0 Å². The molecule has 2 nitrogen and oxygen atoms in total. The zero-order valence-electron chi connectivity index (χ0n) is 3.89. The second-order valence-electron chi connectivity index (χ2n) is 1.41. The number of hydrogen-bond donors (Lipinski definition) is 2. The van der Waals surface area contributed by atoms with Gasteiger partial charge in [-0.1, -0.05) is 12.2 Å². The van der Waals surface area contributed by atoms with Gasteiger partial charge in [0.1, 0.15) is 0 Å². The molecule has 0 atom stereocenters. The van der Waals surface area contributed by atoms with E-state index in [9.17, 15) is 0 Å². The van der Waals surface area contributed by atoms with Crippen LogP contribution in [0.5, 0.6) is 0 Å². The maximum absolute atomic E-state index is 8.20. The largest absolute Gasteiger partial charge is 0.291 e. The fourth-order valence-corrected chi connectivity index (χ4v) is 0.541. The Labute approximate surface area is 42.1 Å². The molecule has 38 valence electrons. The van der Waals surface area contributed by atoms with Gasteiger partial charge in [-0.05, 0) is 12.5 Å². The summed E-state index contributed by atoms with van der Waals surface area (Å²) in [5.74, 6) is 0. The topological polar surface area (TPSA) is 32.3 Å². The molecule has 1 rings (SSSR count). The predicted octanol–water partition coefficient (Wildman–Crippen LogP) is 0.809. The molecule has 0 aromatic heterocycles. The lowest BCUT2D eigenvalue weighted by Crippen LogP contribution is -2.01. The van der Waals surface area contributed by atoms with E-state index in [1.54, 1.807) is 0 Å². The van der Waals surface area contributed by atoms with Gasteiger partial charge in [0.2, 0.25) is 0 Å². The molecule has 1 aliphatic carbocycles. The zero-order chi connectivity index (χ0) is 5.11. The molecule has 0 heterocycles. The van der Waals surface area contributed by atoms with Crippen molar-refractivity contribution in [3.05, 3.63) is 23.9 Å². The monoisotopic (exact) mass is 97.1 g/mol. The molecular weight excluding hydrogens is 90.1 g/mol. The summed E-state index contributed by atoms with van der Waals surface area (Å²) in [5.41, 5.74) is 2.83. The first-order valence-electron chi connectivity index (χ1n) is 2.20. The lowest BCUT2D eigenvalue weighted by Gasteiger charge is -1.89. The van der Waals surface area contributed by atoms with E-state index in [-0.39, 0.29) is 0 Å². The van der Waals surface area contributed by atoms with E-state index < -0.39 is 0 Å². The van der Waals surface area contributed by atoms with Gasteiger partial charge in [0.05, 0.1) is 5.70 Å². The molecule has 2 N–H and O–H groups in total. The number of nitrogens with one attached hydrogen (secondary N) is 1. The van der Waals surface area contributed by atoms with Gasteiger partial charge in [-0.2, -0.15) is 0 Å². The molecular formula is C5H7NO. The first kappa shape index (κ1) is 4.40. The summed E-state index contributed by atoms with van der Waals surface area (Å²) in [6, 6.07) is 0. The third kappa shape index (κ3) is 0.810. The Bertz CT molecular complexity index is 115. The van der Waals surface area contributed by atoms with E-state index in [1.807, 2.05) is 23.7 Å². The van der Waals surface area contributed by atoms with Crippen LogP contribution in [0.1, 0.15) is 6.42 Å². The van der Waals surface area contributed by atoms with Crippen LogP contribution >= 0.6 is 0 Å². The van der Waals surface area contributed by atoms with Crippen molar-refractivity contribution in [2.24, 2.45) is 0 Å². The highest BCUT2D eigenvalue weighted by molar-refractivity contribution is 5.22. The molecule has 0 fully saturated rings. The highest BCUT2D eigenvalue weighted by Gasteiger charge is 1.90. The van der Waals surface area contributed by atoms with Gasteiger partial charge in [-0.15, -0.1) is 0 Å². The molecule has 1 aliphatic rings. The number of allylic oxidation sites excluding steroid dienone is 3. The van der Waals surface area contributed by atoms with Crippen LogP contribution in [0.3, 0.4) is 0 Å². The normalized spacial score (nSPS) is 17.0. The fourth-order valence-electron chi connectivity index (χ4n) is 0.541. The quantitative estimate of drug-likeness (QED) is 0.474. The van der Waals surface area contributed by atoms with E-state index in [2.05, 4.69) is 0 Å². The summed E-state index contributed by atoms with van der Waals surface area (Å²) in [6.07, 6.45) is 6.64. The molecule has 0 spiro atoms. The van der Waals surface area contributed by atoms with Crippen LogP contribution in [0.25, 0.3) is 0 Å². The van der Waals surface area contributed by atoms with E-state index in [1.165, 1.54) is 0 Å². The second kappa shape index (κ2) is 1.80. The number of hydroxylamine groups is 1. The van der Waals surface area contributed by atoms with Gasteiger partial charge >= 0.3 is 0 Å². The molecule has 0 bridgehead atoms. The summed E-state index contributed by atoms with van der Waals surface area (Å²) in [4.78, 5) is 0. The van der Waals surface area contributed by atoms with Crippen LogP contribution in [-0.2, 0) is 0 Å². The van der Waals surface area contributed by atoms with Crippen LogP contribution in [0.15, 0.2) is 23.9 Å². The highest BCUT2D eigenvalue weighted by Crippen LogP contribution is 2.02. The Kier molecular flexibility index (Phi) is 1.13. The summed E-state index contributed by atoms with van der Waals surface area (Å²) in [5, 5.41) is 8.20. The van der Waals surface area contributed by atoms with Crippen LogP contribution in [0.4, 0.5) is 0 Å². The molecule has 0 radical (unpaired) electrons. The first-order valence-corrected chi connectivity index (χ1v) is 2.20. The minimum Gasteiger partial charge on any atom is -0.291 e. The second-order valence-corrected chi connectivity index (χ2v) is 1.41. The van der Waals surface area contributed by atoms with Gasteiger partial charge in [0.25, 0.3) is 0 Å². The van der Waals surface area contributed by atoms with Crippen molar-refractivity contribution >= 4 is 0 Å². The van der Waals surface area contributed by atoms with Crippen molar-refractivity contribution in [2.75, 3.05) is 0 Å². The molecule has 0 aliphatic heterocycles. The molecule has 0 aromatic rings. The Morgan fingerprint density at radius 3 is 2.86 bits per heavy atom. The van der Waals surface area contributed by atoms with E-state index in [4.69, 9.17) is 5.21 Å². The smallest absolute Gasteiger partial charge is 0.0562 e. The van der Waals surface area contributed by atoms with Crippen LogP contribution in [0.2, 0.25) is 0 Å². The zero-order valence-corrected chi connectivity index (χ0v) is 3.89. The van der Waals surface area contributed by atoms with Crippen LogP contribution in [-0.4, -0.2) is 5.21 Å². The predicted molar refractivity (Wildman–Crippen MR) is 26.8 cm³/mol. The van der Waals surface area contributed by atoms with Gasteiger partial charge in [-0.25, -0.2) is 0 Å². The van der Waals surface area contributed by atoms with Crippen LogP contribution < -0.4 is 5.48 Å². The average Bonchev–Trinajstić information content (AvgIpc) is 2.14. The standard InChI is InChI=1S/C5H7NO/c7-6-5-3-1-2-4-5/h1,3-4,6-7H,2H2. The summed E-state index contributed by atoms with van der Waals surface area (Å²) in [6.45, 7) is 0. The molecule has 0 amide bonds. The van der Waals surface area contributed by atoms with Gasteiger partial charge in [0.15, 0.2) is 0 Å².